The largest absolute Gasteiger partial charge is 0.351 e. The van der Waals surface area contributed by atoms with Gasteiger partial charge in [-0.15, -0.1) is 0 Å². The first kappa shape index (κ1) is 15.1. The van der Waals surface area contributed by atoms with Gasteiger partial charge in [-0.3, -0.25) is 4.79 Å². The molecule has 0 saturated heterocycles. The van der Waals surface area contributed by atoms with Crippen LogP contribution in [0.4, 0.5) is 16.2 Å². The molecule has 1 aliphatic carbocycles. The fourth-order valence-electron chi connectivity index (χ4n) is 3.00. The lowest BCUT2D eigenvalue weighted by molar-refractivity contribution is -0.124. The van der Waals surface area contributed by atoms with Crippen molar-refractivity contribution in [1.82, 2.24) is 0 Å². The van der Waals surface area contributed by atoms with E-state index in [0.29, 0.717) is 11.4 Å². The van der Waals surface area contributed by atoms with Gasteiger partial charge in [0.2, 0.25) is 5.91 Å². The summed E-state index contributed by atoms with van der Waals surface area (Å²) < 4.78 is 0. The number of hydrogen-bond donors (Lipinski definition) is 3. The van der Waals surface area contributed by atoms with Crippen LogP contribution in [0.25, 0.3) is 0 Å². The predicted octanol–water partition coefficient (Wildman–Crippen LogP) is 3.24. The first-order valence-electron chi connectivity index (χ1n) is 7.64. The number of amides is 3. The number of carbonyl (C=O) groups is 2. The number of nitrogens with two attached hydrogens (primary N) is 1. The maximum Gasteiger partial charge on any atom is 0.316 e. The van der Waals surface area contributed by atoms with Crippen LogP contribution < -0.4 is 16.4 Å². The van der Waals surface area contributed by atoms with Gasteiger partial charge in [0.15, 0.2) is 0 Å². The Morgan fingerprint density at radius 2 is 1.57 bits per heavy atom. The van der Waals surface area contributed by atoms with Crippen LogP contribution in [0.3, 0.4) is 0 Å². The summed E-state index contributed by atoms with van der Waals surface area (Å²) in [7, 11) is 0. The van der Waals surface area contributed by atoms with Crippen molar-refractivity contribution in [3.8, 4) is 0 Å². The van der Waals surface area contributed by atoms with Crippen LogP contribution in [0.5, 0.6) is 0 Å². The number of benzene rings is 2. The molecule has 0 unspecified atom stereocenters. The Morgan fingerprint density at radius 1 is 0.913 bits per heavy atom. The van der Waals surface area contributed by atoms with E-state index in [9.17, 15) is 9.59 Å². The molecule has 4 N–H and O–H groups in total. The van der Waals surface area contributed by atoms with Crippen LogP contribution in [0, 0.1) is 0 Å². The van der Waals surface area contributed by atoms with Gasteiger partial charge in [-0.25, -0.2) is 4.79 Å². The fraction of sp³-hybridized carbons (Fsp3) is 0.222. The Balaban J connectivity index is 1.80. The molecule has 1 fully saturated rings. The molecule has 23 heavy (non-hydrogen) atoms. The lowest BCUT2D eigenvalue weighted by Crippen LogP contribution is -2.45. The Kier molecular flexibility index (Phi) is 4.02. The van der Waals surface area contributed by atoms with Crippen molar-refractivity contribution in [2.24, 2.45) is 5.73 Å². The number of anilines is 2. The van der Waals surface area contributed by atoms with Gasteiger partial charge >= 0.3 is 6.03 Å². The zero-order chi connectivity index (χ0) is 16.3. The summed E-state index contributed by atoms with van der Waals surface area (Å²) in [6.07, 6.45) is 2.75. The lowest BCUT2D eigenvalue weighted by Gasteiger charge is -2.40. The van der Waals surface area contributed by atoms with Crippen molar-refractivity contribution < 1.29 is 9.59 Å². The minimum Gasteiger partial charge on any atom is -0.351 e. The maximum atomic E-state index is 12.8. The van der Waals surface area contributed by atoms with E-state index in [1.54, 1.807) is 24.3 Å². The highest BCUT2D eigenvalue weighted by Crippen LogP contribution is 2.44. The van der Waals surface area contributed by atoms with Crippen molar-refractivity contribution in [1.29, 1.82) is 0 Å². The quantitative estimate of drug-likeness (QED) is 0.810. The molecular formula is C18H19N3O2. The molecule has 1 saturated carbocycles. The fourth-order valence-corrected chi connectivity index (χ4v) is 3.00. The predicted molar refractivity (Wildman–Crippen MR) is 90.2 cm³/mol. The van der Waals surface area contributed by atoms with E-state index in [4.69, 9.17) is 5.73 Å². The molecule has 5 nitrogen and oxygen atoms in total. The van der Waals surface area contributed by atoms with Crippen molar-refractivity contribution in [2.75, 3.05) is 10.6 Å². The summed E-state index contributed by atoms with van der Waals surface area (Å²) in [5.41, 5.74) is 6.91. The zero-order valence-corrected chi connectivity index (χ0v) is 12.7. The van der Waals surface area contributed by atoms with Gasteiger partial charge in [0.1, 0.15) is 0 Å². The molecule has 0 heterocycles. The highest BCUT2D eigenvalue weighted by atomic mass is 16.2. The van der Waals surface area contributed by atoms with E-state index in [0.717, 1.165) is 24.8 Å². The number of hydrogen-bond acceptors (Lipinski definition) is 2. The number of rotatable bonds is 4. The third kappa shape index (κ3) is 3.04. The number of carbonyl (C=O) groups excluding carboxylic acids is 2. The molecule has 0 bridgehead atoms. The minimum absolute atomic E-state index is 0.00817. The van der Waals surface area contributed by atoms with Gasteiger partial charge in [-0.2, -0.15) is 0 Å². The maximum absolute atomic E-state index is 12.8. The van der Waals surface area contributed by atoms with Crippen molar-refractivity contribution in [3.05, 3.63) is 60.2 Å². The van der Waals surface area contributed by atoms with Crippen LogP contribution in [0.1, 0.15) is 24.8 Å². The van der Waals surface area contributed by atoms with Crippen molar-refractivity contribution >= 4 is 23.3 Å². The molecule has 3 rings (SSSR count). The molecule has 0 aromatic heterocycles. The number of nitrogens with one attached hydrogen (secondary N) is 2. The molecule has 118 valence electrons. The lowest BCUT2D eigenvalue weighted by atomic mass is 9.64. The summed E-state index contributed by atoms with van der Waals surface area (Å²) in [6, 6.07) is 16.2. The van der Waals surface area contributed by atoms with Gasteiger partial charge in [0.25, 0.3) is 0 Å². The molecule has 3 amide bonds. The van der Waals surface area contributed by atoms with Gasteiger partial charge in [-0.1, -0.05) is 42.8 Å². The Labute approximate surface area is 134 Å². The Bertz CT molecular complexity index is 724. The van der Waals surface area contributed by atoms with Gasteiger partial charge < -0.3 is 16.4 Å². The second-order valence-corrected chi connectivity index (χ2v) is 5.83. The molecule has 2 aromatic carbocycles. The number of urea groups is 1. The normalized spacial score (nSPS) is 15.3. The highest BCUT2D eigenvalue weighted by Gasteiger charge is 2.45. The van der Waals surface area contributed by atoms with Crippen molar-refractivity contribution in [2.45, 2.75) is 24.7 Å². The Morgan fingerprint density at radius 3 is 2.13 bits per heavy atom. The smallest absolute Gasteiger partial charge is 0.316 e. The molecule has 0 spiro atoms. The molecular weight excluding hydrogens is 290 g/mol. The Hall–Kier alpha value is -2.82. The molecule has 0 radical (unpaired) electrons. The van der Waals surface area contributed by atoms with Crippen LogP contribution in [0.2, 0.25) is 0 Å². The summed E-state index contributed by atoms with van der Waals surface area (Å²) >= 11 is 0. The van der Waals surface area contributed by atoms with Crippen molar-refractivity contribution in [3.63, 3.8) is 0 Å². The second-order valence-electron chi connectivity index (χ2n) is 5.83. The summed E-state index contributed by atoms with van der Waals surface area (Å²) in [5, 5.41) is 5.47. The third-order valence-electron chi connectivity index (χ3n) is 4.36. The first-order chi connectivity index (χ1) is 11.1. The van der Waals surface area contributed by atoms with E-state index in [2.05, 4.69) is 10.6 Å². The third-order valence-corrected chi connectivity index (χ3v) is 4.36. The molecule has 5 heteroatoms. The average Bonchev–Trinajstić information content (AvgIpc) is 2.47. The van der Waals surface area contributed by atoms with Crippen LogP contribution in [-0.4, -0.2) is 11.9 Å². The molecule has 2 aromatic rings. The van der Waals surface area contributed by atoms with Gasteiger partial charge in [-0.05, 0) is 36.6 Å². The number of primary amides is 1. The van der Waals surface area contributed by atoms with Crippen LogP contribution >= 0.6 is 0 Å². The van der Waals surface area contributed by atoms with Crippen LogP contribution in [0.15, 0.2) is 54.6 Å². The highest BCUT2D eigenvalue weighted by molar-refractivity contribution is 6.00. The van der Waals surface area contributed by atoms with E-state index in [-0.39, 0.29) is 5.91 Å². The second kappa shape index (κ2) is 6.12. The molecule has 1 aliphatic rings. The topological polar surface area (TPSA) is 84.2 Å². The van der Waals surface area contributed by atoms with E-state index in [1.807, 2.05) is 30.3 Å². The summed E-state index contributed by atoms with van der Waals surface area (Å²) in [6.45, 7) is 0. The SMILES string of the molecule is NC(=O)Nc1cccc(NC(=O)C2(c3ccccc3)CCC2)c1. The standard InChI is InChI=1S/C18H19N3O2/c19-17(23)21-15-9-4-8-14(12-15)20-16(22)18(10-5-11-18)13-6-2-1-3-7-13/h1-4,6-9,12H,5,10-11H2,(H,20,22)(H3,19,21,23). The van der Waals surface area contributed by atoms with Crippen LogP contribution in [-0.2, 0) is 10.2 Å². The first-order valence-corrected chi connectivity index (χ1v) is 7.64. The minimum atomic E-state index is -0.631. The van der Waals surface area contributed by atoms with E-state index < -0.39 is 11.4 Å². The monoisotopic (exact) mass is 309 g/mol. The van der Waals surface area contributed by atoms with Gasteiger partial charge in [0.05, 0.1) is 5.41 Å². The average molecular weight is 309 g/mol. The zero-order valence-electron chi connectivity index (χ0n) is 12.7. The van der Waals surface area contributed by atoms with Gasteiger partial charge in [0, 0.05) is 11.4 Å². The van der Waals surface area contributed by atoms with E-state index >= 15 is 0 Å². The van der Waals surface area contributed by atoms with E-state index in [1.165, 1.54) is 0 Å². The molecule has 0 atom stereocenters. The summed E-state index contributed by atoms with van der Waals surface area (Å²) in [5.74, 6) is -0.00817. The summed E-state index contributed by atoms with van der Waals surface area (Å²) in [4.78, 5) is 23.8. The molecule has 0 aliphatic heterocycles.